The molecule has 0 bridgehead atoms. The third-order valence-corrected chi connectivity index (χ3v) is 8.40. The maximum Gasteiger partial charge on any atom is 0.408 e. The Kier molecular flexibility index (Phi) is 11.3. The smallest absolute Gasteiger partial charge is 0.408 e. The Hall–Kier alpha value is -4.61. The molecule has 12 heteroatoms. The number of rotatable bonds is 12. The molecule has 0 radical (unpaired) electrons. The molecule has 3 heterocycles. The van der Waals surface area contributed by atoms with Crippen molar-refractivity contribution in [1.82, 2.24) is 25.8 Å². The number of alkyl carbamates (subject to hydrolysis) is 1. The van der Waals surface area contributed by atoms with Crippen LogP contribution < -0.4 is 16.0 Å². The maximum absolute atomic E-state index is 14.3. The lowest BCUT2D eigenvalue weighted by Crippen LogP contribution is -2.61. The van der Waals surface area contributed by atoms with Gasteiger partial charge in [-0.05, 0) is 53.5 Å². The van der Waals surface area contributed by atoms with E-state index in [1.54, 1.807) is 52.2 Å². The monoisotopic (exact) mass is 633 g/mol. The SMILES string of the molecule is CCCC(=O)C(=O)[C@H](C[C@@H]1CCNC1=O)NC(=O)[C@@H]1Cc2ccccc2CN1C(=O)[C@@H](NC(=O)OCc1ccncc1)C(C)(C)C. The molecule has 0 saturated carbocycles. The molecule has 0 spiro atoms. The zero-order chi connectivity index (χ0) is 33.4. The number of Topliss-reactive ketones (excluding diaryl/α,β-unsaturated/α-hetero) is 2. The van der Waals surface area contributed by atoms with Crippen molar-refractivity contribution < 1.29 is 33.5 Å². The molecular formula is C34H43N5O7. The number of hydrogen-bond acceptors (Lipinski definition) is 8. The minimum atomic E-state index is -1.21. The van der Waals surface area contributed by atoms with Crippen molar-refractivity contribution >= 4 is 35.4 Å². The minimum absolute atomic E-state index is 0.0153. The first-order valence-electron chi connectivity index (χ1n) is 15.7. The number of nitrogens with one attached hydrogen (secondary N) is 3. The average Bonchev–Trinajstić information content (AvgIpc) is 3.44. The van der Waals surface area contributed by atoms with Crippen LogP contribution in [-0.2, 0) is 48.3 Å². The van der Waals surface area contributed by atoms with Crippen LogP contribution in [0.5, 0.6) is 0 Å². The van der Waals surface area contributed by atoms with Gasteiger partial charge in [-0.2, -0.15) is 0 Å². The predicted molar refractivity (Wildman–Crippen MR) is 168 cm³/mol. The van der Waals surface area contributed by atoms with Crippen LogP contribution >= 0.6 is 0 Å². The summed E-state index contributed by atoms with van der Waals surface area (Å²) in [5.41, 5.74) is 1.67. The third kappa shape index (κ3) is 8.55. The van der Waals surface area contributed by atoms with Gasteiger partial charge in [0.25, 0.3) is 0 Å². The van der Waals surface area contributed by atoms with E-state index >= 15 is 0 Å². The van der Waals surface area contributed by atoms with Gasteiger partial charge >= 0.3 is 6.09 Å². The van der Waals surface area contributed by atoms with Crippen molar-refractivity contribution in [3.63, 3.8) is 0 Å². The van der Waals surface area contributed by atoms with Gasteiger partial charge in [0.1, 0.15) is 18.7 Å². The fraction of sp³-hybridized carbons (Fsp3) is 0.500. The summed E-state index contributed by atoms with van der Waals surface area (Å²) in [5.74, 6) is -3.24. The van der Waals surface area contributed by atoms with Crippen LogP contribution in [0.25, 0.3) is 0 Å². The molecule has 4 rings (SSSR count). The fourth-order valence-electron chi connectivity index (χ4n) is 5.79. The molecule has 1 aromatic heterocycles. The molecule has 1 fully saturated rings. The summed E-state index contributed by atoms with van der Waals surface area (Å²) < 4.78 is 5.39. The van der Waals surface area contributed by atoms with E-state index in [1.165, 1.54) is 4.90 Å². The van der Waals surface area contributed by atoms with Crippen molar-refractivity contribution in [2.24, 2.45) is 11.3 Å². The summed E-state index contributed by atoms with van der Waals surface area (Å²) in [6.45, 7) is 7.69. The largest absolute Gasteiger partial charge is 0.445 e. The quantitative estimate of drug-likeness (QED) is 0.300. The highest BCUT2D eigenvalue weighted by Crippen LogP contribution is 2.29. The Morgan fingerprint density at radius 2 is 1.74 bits per heavy atom. The van der Waals surface area contributed by atoms with E-state index in [9.17, 15) is 28.8 Å². The Morgan fingerprint density at radius 1 is 1.04 bits per heavy atom. The van der Waals surface area contributed by atoms with Crippen LogP contribution in [0, 0.1) is 11.3 Å². The summed E-state index contributed by atoms with van der Waals surface area (Å²) in [5, 5.41) is 8.18. The molecule has 0 unspecified atom stereocenters. The number of ether oxygens (including phenoxy) is 1. The van der Waals surface area contributed by atoms with Gasteiger partial charge in [0.2, 0.25) is 29.3 Å². The van der Waals surface area contributed by atoms with Gasteiger partial charge in [-0.25, -0.2) is 4.79 Å². The van der Waals surface area contributed by atoms with E-state index in [1.807, 2.05) is 24.3 Å². The van der Waals surface area contributed by atoms with Gasteiger partial charge in [-0.3, -0.25) is 29.0 Å². The molecule has 3 N–H and O–H groups in total. The van der Waals surface area contributed by atoms with Gasteiger partial charge in [0, 0.05) is 44.2 Å². The van der Waals surface area contributed by atoms with Crippen LogP contribution in [0.1, 0.15) is 70.1 Å². The number of carbonyl (C=O) groups excluding carboxylic acids is 6. The van der Waals surface area contributed by atoms with Crippen molar-refractivity contribution in [3.05, 3.63) is 65.5 Å². The van der Waals surface area contributed by atoms with Crippen LogP contribution in [0.2, 0.25) is 0 Å². The molecular weight excluding hydrogens is 590 g/mol. The number of fused-ring (bicyclic) bond motifs is 1. The van der Waals surface area contributed by atoms with E-state index in [-0.39, 0.29) is 38.3 Å². The minimum Gasteiger partial charge on any atom is -0.445 e. The highest BCUT2D eigenvalue weighted by atomic mass is 16.5. The first-order chi connectivity index (χ1) is 21.9. The van der Waals surface area contributed by atoms with Crippen LogP contribution in [0.4, 0.5) is 4.79 Å². The number of aromatic nitrogens is 1. The Bertz CT molecular complexity index is 1460. The van der Waals surface area contributed by atoms with Crippen molar-refractivity contribution in [1.29, 1.82) is 0 Å². The summed E-state index contributed by atoms with van der Waals surface area (Å²) in [6.07, 6.45) is 3.48. The number of hydrogen-bond donors (Lipinski definition) is 3. The zero-order valence-corrected chi connectivity index (χ0v) is 26.8. The number of pyridine rings is 1. The normalized spacial score (nSPS) is 18.9. The lowest BCUT2D eigenvalue weighted by Gasteiger charge is -2.41. The van der Waals surface area contributed by atoms with Crippen molar-refractivity contribution in [2.75, 3.05) is 6.54 Å². The van der Waals surface area contributed by atoms with Gasteiger partial charge in [-0.15, -0.1) is 0 Å². The Morgan fingerprint density at radius 3 is 2.37 bits per heavy atom. The zero-order valence-electron chi connectivity index (χ0n) is 26.8. The van der Waals surface area contributed by atoms with Crippen LogP contribution in [0.3, 0.4) is 0 Å². The van der Waals surface area contributed by atoms with Gasteiger partial charge in [0.15, 0.2) is 0 Å². The molecule has 2 aliphatic rings. The molecule has 2 aliphatic heterocycles. The summed E-state index contributed by atoms with van der Waals surface area (Å²) in [7, 11) is 0. The highest BCUT2D eigenvalue weighted by molar-refractivity contribution is 6.39. The van der Waals surface area contributed by atoms with E-state index in [0.29, 0.717) is 19.4 Å². The van der Waals surface area contributed by atoms with Crippen molar-refractivity contribution in [3.8, 4) is 0 Å². The molecule has 2 aromatic rings. The topological polar surface area (TPSA) is 164 Å². The Labute approximate surface area is 269 Å². The molecule has 246 valence electrons. The highest BCUT2D eigenvalue weighted by Gasteiger charge is 2.43. The molecule has 0 aliphatic carbocycles. The lowest BCUT2D eigenvalue weighted by atomic mass is 9.84. The van der Waals surface area contributed by atoms with Crippen LogP contribution in [0.15, 0.2) is 48.8 Å². The Balaban J connectivity index is 1.59. The standard InChI is InChI=1S/C34H43N5O7/c1-5-8-27(40)28(41)25(17-23-13-16-36-30(23)42)37-31(43)26-18-22-9-6-7-10-24(22)19-39(26)32(44)29(34(2,3)4)38-33(45)46-20-21-11-14-35-15-12-21/h6-7,9-12,14-15,23,25-26,29H,5,8,13,16-20H2,1-4H3,(H,36,42)(H,37,43)(H,38,45)/t23-,25-,26-,29+/m0/s1. The molecule has 12 nitrogen and oxygen atoms in total. The summed E-state index contributed by atoms with van der Waals surface area (Å²) >= 11 is 0. The van der Waals surface area contributed by atoms with E-state index in [2.05, 4.69) is 20.9 Å². The molecule has 46 heavy (non-hydrogen) atoms. The second-order valence-electron chi connectivity index (χ2n) is 12.9. The lowest BCUT2D eigenvalue weighted by molar-refractivity contribution is -0.146. The molecule has 4 amide bonds. The second kappa shape index (κ2) is 15.1. The summed E-state index contributed by atoms with van der Waals surface area (Å²) in [6, 6.07) is 7.54. The molecule has 1 aromatic carbocycles. The van der Waals surface area contributed by atoms with E-state index in [0.717, 1.165) is 16.7 Å². The fourth-order valence-corrected chi connectivity index (χ4v) is 5.79. The third-order valence-electron chi connectivity index (χ3n) is 8.40. The number of amides is 4. The number of ketones is 2. The molecule has 4 atom stereocenters. The average molecular weight is 634 g/mol. The maximum atomic E-state index is 14.3. The van der Waals surface area contributed by atoms with Gasteiger partial charge in [0.05, 0.1) is 6.04 Å². The van der Waals surface area contributed by atoms with E-state index < -0.39 is 58.9 Å². The van der Waals surface area contributed by atoms with Gasteiger partial charge in [-0.1, -0.05) is 52.0 Å². The summed E-state index contributed by atoms with van der Waals surface area (Å²) in [4.78, 5) is 84.9. The molecule has 1 saturated heterocycles. The number of benzene rings is 1. The first-order valence-corrected chi connectivity index (χ1v) is 15.7. The predicted octanol–water partition coefficient (Wildman–Crippen LogP) is 2.63. The number of carbonyl (C=O) groups is 6. The first kappa shape index (κ1) is 34.3. The van der Waals surface area contributed by atoms with E-state index in [4.69, 9.17) is 4.74 Å². The number of nitrogens with zero attached hydrogens (tertiary/aromatic N) is 2. The second-order valence-corrected chi connectivity index (χ2v) is 12.9. The van der Waals surface area contributed by atoms with Crippen molar-refractivity contribution in [2.45, 2.75) is 91.1 Å². The van der Waals surface area contributed by atoms with Crippen LogP contribution in [-0.4, -0.2) is 69.9 Å². The van der Waals surface area contributed by atoms with Gasteiger partial charge < -0.3 is 25.6 Å².